The van der Waals surface area contributed by atoms with Crippen molar-refractivity contribution in [3.05, 3.63) is 89.9 Å². The number of hydrogen-bond donors (Lipinski definition) is 1. The highest BCUT2D eigenvalue weighted by Crippen LogP contribution is 2.31. The molecule has 0 saturated heterocycles. The Kier molecular flexibility index (Phi) is 6.53. The molecular formula is C23H17F4N7. The number of hydrogen-bond acceptors (Lipinski definition) is 7. The second-order valence-corrected chi connectivity index (χ2v) is 7.26. The van der Waals surface area contributed by atoms with Crippen molar-refractivity contribution in [2.24, 2.45) is 10.2 Å². The number of rotatable bonds is 6. The Morgan fingerprint density at radius 2 is 1.79 bits per heavy atom. The van der Waals surface area contributed by atoms with Gasteiger partial charge in [0.05, 0.1) is 29.3 Å². The topological polar surface area (TPSA) is 88.3 Å². The summed E-state index contributed by atoms with van der Waals surface area (Å²) in [5.74, 6) is -0.613. The highest BCUT2D eigenvalue weighted by molar-refractivity contribution is 5.60. The molecule has 0 aliphatic heterocycles. The van der Waals surface area contributed by atoms with Gasteiger partial charge in [-0.1, -0.05) is 6.07 Å². The van der Waals surface area contributed by atoms with E-state index >= 15 is 0 Å². The standard InChI is InChI=1S/C23H17F4N7/c1-14-7-15(10-28-9-14)21-20(24)13-30-22(33-21)34-31-12-18-5-6-19(11-29-18)32-17-4-2-3-16(8-17)23(25,26)27/h2-11,13,32H,12H2,1H3. The predicted octanol–water partition coefficient (Wildman–Crippen LogP) is 6.43. The minimum Gasteiger partial charge on any atom is -0.354 e. The Labute approximate surface area is 191 Å². The minimum atomic E-state index is -4.42. The van der Waals surface area contributed by atoms with Crippen molar-refractivity contribution in [3.8, 4) is 11.3 Å². The monoisotopic (exact) mass is 467 g/mol. The molecule has 0 fully saturated rings. The van der Waals surface area contributed by atoms with Crippen molar-refractivity contribution in [2.45, 2.75) is 19.6 Å². The zero-order chi connectivity index (χ0) is 24.1. The summed E-state index contributed by atoms with van der Waals surface area (Å²) in [6.07, 6.45) is 1.22. The number of azo groups is 1. The van der Waals surface area contributed by atoms with E-state index in [1.54, 1.807) is 24.4 Å². The van der Waals surface area contributed by atoms with Gasteiger partial charge in [0.15, 0.2) is 5.82 Å². The molecule has 4 aromatic rings. The molecule has 0 aliphatic rings. The zero-order valence-electron chi connectivity index (χ0n) is 17.8. The lowest BCUT2D eigenvalue weighted by atomic mass is 10.1. The molecule has 172 valence electrons. The molecule has 0 radical (unpaired) electrons. The van der Waals surface area contributed by atoms with Crippen molar-refractivity contribution in [1.29, 1.82) is 0 Å². The number of aromatic nitrogens is 4. The highest BCUT2D eigenvalue weighted by Gasteiger charge is 2.30. The summed E-state index contributed by atoms with van der Waals surface area (Å²) in [6, 6.07) is 9.94. The molecule has 3 heterocycles. The summed E-state index contributed by atoms with van der Waals surface area (Å²) in [6.45, 7) is 1.94. The maximum Gasteiger partial charge on any atom is 0.416 e. The first-order valence-electron chi connectivity index (χ1n) is 9.99. The number of alkyl halides is 3. The van der Waals surface area contributed by atoms with Crippen LogP contribution in [0.1, 0.15) is 16.8 Å². The van der Waals surface area contributed by atoms with Crippen LogP contribution in [-0.4, -0.2) is 19.9 Å². The van der Waals surface area contributed by atoms with Crippen molar-refractivity contribution in [3.63, 3.8) is 0 Å². The van der Waals surface area contributed by atoms with Gasteiger partial charge in [-0.3, -0.25) is 9.97 Å². The summed E-state index contributed by atoms with van der Waals surface area (Å²) in [7, 11) is 0. The molecule has 0 aliphatic carbocycles. The first-order chi connectivity index (χ1) is 16.3. The van der Waals surface area contributed by atoms with E-state index in [9.17, 15) is 17.6 Å². The lowest BCUT2D eigenvalue weighted by Crippen LogP contribution is -2.05. The lowest BCUT2D eigenvalue weighted by molar-refractivity contribution is -0.137. The van der Waals surface area contributed by atoms with E-state index in [1.165, 1.54) is 24.5 Å². The van der Waals surface area contributed by atoms with Crippen LogP contribution in [0.3, 0.4) is 0 Å². The van der Waals surface area contributed by atoms with Gasteiger partial charge in [-0.15, -0.1) is 5.11 Å². The third-order valence-corrected chi connectivity index (χ3v) is 4.58. The molecule has 11 heteroatoms. The number of nitrogens with one attached hydrogen (secondary N) is 1. The van der Waals surface area contributed by atoms with E-state index in [0.717, 1.165) is 23.9 Å². The fourth-order valence-corrected chi connectivity index (χ4v) is 3.00. The van der Waals surface area contributed by atoms with Gasteiger partial charge in [0.1, 0.15) is 12.2 Å². The van der Waals surface area contributed by atoms with E-state index in [4.69, 9.17) is 0 Å². The molecule has 0 unspecified atom stereocenters. The number of aryl methyl sites for hydroxylation is 1. The van der Waals surface area contributed by atoms with Crippen LogP contribution in [0.2, 0.25) is 0 Å². The van der Waals surface area contributed by atoms with Gasteiger partial charge in [-0.25, -0.2) is 14.4 Å². The molecule has 0 spiro atoms. The van der Waals surface area contributed by atoms with Gasteiger partial charge < -0.3 is 5.32 Å². The summed E-state index contributed by atoms with van der Waals surface area (Å²) in [4.78, 5) is 16.2. The minimum absolute atomic E-state index is 0.0132. The third-order valence-electron chi connectivity index (χ3n) is 4.58. The lowest BCUT2D eigenvalue weighted by Gasteiger charge is -2.10. The molecule has 0 atom stereocenters. The molecule has 3 aromatic heterocycles. The zero-order valence-corrected chi connectivity index (χ0v) is 17.8. The second-order valence-electron chi connectivity index (χ2n) is 7.26. The van der Waals surface area contributed by atoms with E-state index < -0.39 is 17.6 Å². The number of nitrogens with zero attached hydrogens (tertiary/aromatic N) is 6. The van der Waals surface area contributed by atoms with Gasteiger partial charge in [0, 0.05) is 23.6 Å². The van der Waals surface area contributed by atoms with Crippen molar-refractivity contribution < 1.29 is 17.6 Å². The number of pyridine rings is 2. The molecular weight excluding hydrogens is 450 g/mol. The molecule has 4 rings (SSSR count). The maximum absolute atomic E-state index is 14.2. The quantitative estimate of drug-likeness (QED) is 0.261. The summed E-state index contributed by atoms with van der Waals surface area (Å²) in [5.41, 5.74) is 2.05. The maximum atomic E-state index is 14.2. The summed E-state index contributed by atoms with van der Waals surface area (Å²) in [5, 5.41) is 10.8. The normalized spacial score (nSPS) is 11.7. The van der Waals surface area contributed by atoms with Gasteiger partial charge in [0.25, 0.3) is 5.95 Å². The van der Waals surface area contributed by atoms with Crippen LogP contribution < -0.4 is 5.32 Å². The van der Waals surface area contributed by atoms with Crippen molar-refractivity contribution in [1.82, 2.24) is 19.9 Å². The molecule has 1 N–H and O–H groups in total. The molecule has 7 nitrogen and oxygen atoms in total. The fraction of sp³-hybridized carbons (Fsp3) is 0.130. The van der Waals surface area contributed by atoms with Crippen LogP contribution in [0.25, 0.3) is 11.3 Å². The molecule has 1 aromatic carbocycles. The van der Waals surface area contributed by atoms with Crippen molar-refractivity contribution in [2.75, 3.05) is 5.32 Å². The van der Waals surface area contributed by atoms with Crippen LogP contribution in [-0.2, 0) is 12.7 Å². The Morgan fingerprint density at radius 1 is 0.941 bits per heavy atom. The van der Waals surface area contributed by atoms with Crippen LogP contribution in [0.15, 0.2) is 77.5 Å². The number of halogens is 4. The average Bonchev–Trinajstić information content (AvgIpc) is 2.81. The first-order valence-corrected chi connectivity index (χ1v) is 9.99. The Hall–Kier alpha value is -4.28. The SMILES string of the molecule is Cc1cncc(-c2nc(N=NCc3ccc(Nc4cccc(C(F)(F)F)c4)cn3)ncc2F)c1. The van der Waals surface area contributed by atoms with E-state index in [2.05, 4.69) is 35.5 Å². The van der Waals surface area contributed by atoms with E-state index in [-0.39, 0.29) is 23.9 Å². The number of anilines is 2. The van der Waals surface area contributed by atoms with Crippen LogP contribution >= 0.6 is 0 Å². The Balaban J connectivity index is 1.41. The predicted molar refractivity (Wildman–Crippen MR) is 117 cm³/mol. The number of benzene rings is 1. The summed E-state index contributed by atoms with van der Waals surface area (Å²) < 4.78 is 52.7. The Morgan fingerprint density at radius 3 is 2.53 bits per heavy atom. The third kappa shape index (κ3) is 5.74. The Bertz CT molecular complexity index is 1320. The molecule has 0 saturated carbocycles. The smallest absolute Gasteiger partial charge is 0.354 e. The van der Waals surface area contributed by atoms with Crippen LogP contribution in [0.5, 0.6) is 0 Å². The van der Waals surface area contributed by atoms with Gasteiger partial charge >= 0.3 is 6.18 Å². The van der Waals surface area contributed by atoms with E-state index in [0.29, 0.717) is 16.9 Å². The average molecular weight is 467 g/mol. The van der Waals surface area contributed by atoms with Gasteiger partial charge in [0.2, 0.25) is 0 Å². The summed E-state index contributed by atoms with van der Waals surface area (Å²) >= 11 is 0. The second kappa shape index (κ2) is 9.69. The molecule has 0 bridgehead atoms. The van der Waals surface area contributed by atoms with Gasteiger partial charge in [-0.2, -0.15) is 18.3 Å². The van der Waals surface area contributed by atoms with Crippen LogP contribution in [0.4, 0.5) is 34.9 Å². The van der Waals surface area contributed by atoms with Gasteiger partial charge in [-0.05, 0) is 48.9 Å². The first kappa shape index (κ1) is 22.9. The van der Waals surface area contributed by atoms with Crippen LogP contribution in [0, 0.1) is 12.7 Å². The van der Waals surface area contributed by atoms with E-state index in [1.807, 2.05) is 6.92 Å². The van der Waals surface area contributed by atoms with Crippen molar-refractivity contribution >= 4 is 17.3 Å². The molecule has 34 heavy (non-hydrogen) atoms. The highest BCUT2D eigenvalue weighted by atomic mass is 19.4. The molecule has 0 amide bonds. The largest absolute Gasteiger partial charge is 0.416 e. The fourth-order valence-electron chi connectivity index (χ4n) is 3.00.